The molecule has 0 saturated carbocycles. The van der Waals surface area contributed by atoms with Gasteiger partial charge in [-0.3, -0.25) is 0 Å². The number of hydrogen-bond donors (Lipinski definition) is 3. The first kappa shape index (κ1) is 12.0. The Morgan fingerprint density at radius 1 is 1.06 bits per heavy atom. The molecule has 2 rings (SSSR count). The number of nitrogen functional groups attached to an aromatic ring is 1. The van der Waals surface area contributed by atoms with E-state index in [1.165, 1.54) is 0 Å². The highest BCUT2D eigenvalue weighted by atomic mass is 35.5. The molecular weight excluding hydrogens is 259 g/mol. The molecule has 0 aliphatic rings. The minimum atomic E-state index is 0.533. The Morgan fingerprint density at radius 2 is 1.82 bits per heavy atom. The number of halogens is 2. The summed E-state index contributed by atoms with van der Waals surface area (Å²) in [6, 6.07) is 10.6. The Bertz CT molecular complexity index is 531. The highest BCUT2D eigenvalue weighted by Crippen LogP contribution is 2.27. The number of nitrogens with two attached hydrogens (primary N) is 1. The van der Waals surface area contributed by atoms with E-state index in [2.05, 4.69) is 15.7 Å². The number of hydrogen-bond acceptors (Lipinski definition) is 4. The molecule has 2 aromatic rings. The molecule has 0 bridgehead atoms. The normalized spacial score (nSPS) is 10.1. The van der Waals surface area contributed by atoms with E-state index in [1.807, 2.05) is 12.1 Å². The fraction of sp³-hybridized carbons (Fsp3) is 0. The number of anilines is 3. The van der Waals surface area contributed by atoms with Crippen molar-refractivity contribution in [2.75, 3.05) is 10.7 Å². The Hall–Kier alpha value is -1.49. The summed E-state index contributed by atoms with van der Waals surface area (Å²) in [6.07, 6.45) is 0. The van der Waals surface area contributed by atoms with Crippen molar-refractivity contribution >= 4 is 40.5 Å². The van der Waals surface area contributed by atoms with E-state index < -0.39 is 0 Å². The van der Waals surface area contributed by atoms with Crippen LogP contribution in [0.25, 0.3) is 0 Å². The second kappa shape index (κ2) is 5.23. The molecule has 1 aromatic heterocycles. The third-order valence-electron chi connectivity index (χ3n) is 2.09. The van der Waals surface area contributed by atoms with E-state index in [4.69, 9.17) is 29.0 Å². The first-order valence-corrected chi connectivity index (χ1v) is 5.60. The van der Waals surface area contributed by atoms with Crippen molar-refractivity contribution in [3.05, 3.63) is 46.4 Å². The van der Waals surface area contributed by atoms with Gasteiger partial charge in [-0.25, -0.2) is 10.8 Å². The van der Waals surface area contributed by atoms with Gasteiger partial charge >= 0.3 is 0 Å². The fourth-order valence-corrected chi connectivity index (χ4v) is 1.77. The molecule has 0 spiro atoms. The summed E-state index contributed by atoms with van der Waals surface area (Å²) in [4.78, 5) is 4.21. The molecule has 0 aliphatic heterocycles. The van der Waals surface area contributed by atoms with Crippen molar-refractivity contribution < 1.29 is 0 Å². The number of nitrogens with zero attached hydrogens (tertiary/aromatic N) is 1. The molecule has 4 N–H and O–H groups in total. The van der Waals surface area contributed by atoms with Gasteiger partial charge in [0.15, 0.2) is 0 Å². The molecule has 0 saturated heterocycles. The van der Waals surface area contributed by atoms with Gasteiger partial charge in [-0.05, 0) is 30.3 Å². The van der Waals surface area contributed by atoms with E-state index in [1.54, 1.807) is 24.3 Å². The molecule has 0 radical (unpaired) electrons. The minimum absolute atomic E-state index is 0.533. The smallest absolute Gasteiger partial charge is 0.142 e. The summed E-state index contributed by atoms with van der Waals surface area (Å²) in [5.41, 5.74) is 3.21. The zero-order chi connectivity index (χ0) is 12.3. The second-order valence-electron chi connectivity index (χ2n) is 3.30. The van der Waals surface area contributed by atoms with Crippen LogP contribution in [0.15, 0.2) is 36.4 Å². The first-order valence-electron chi connectivity index (χ1n) is 4.85. The maximum Gasteiger partial charge on any atom is 0.142 e. The zero-order valence-electron chi connectivity index (χ0n) is 8.74. The van der Waals surface area contributed by atoms with Gasteiger partial charge in [0.2, 0.25) is 0 Å². The number of rotatable bonds is 3. The average Bonchev–Trinajstić information content (AvgIpc) is 2.33. The molecule has 0 amide bonds. The molecule has 0 aliphatic carbocycles. The number of aromatic nitrogens is 1. The summed E-state index contributed by atoms with van der Waals surface area (Å²) in [5, 5.41) is 4.20. The monoisotopic (exact) mass is 268 g/mol. The van der Waals surface area contributed by atoms with Crippen LogP contribution < -0.4 is 16.6 Å². The summed E-state index contributed by atoms with van der Waals surface area (Å²) >= 11 is 11.9. The lowest BCUT2D eigenvalue weighted by atomic mass is 10.3. The Labute approximate surface area is 109 Å². The van der Waals surface area contributed by atoms with Gasteiger partial charge in [-0.15, -0.1) is 0 Å². The van der Waals surface area contributed by atoms with Crippen molar-refractivity contribution in [3.8, 4) is 0 Å². The van der Waals surface area contributed by atoms with Crippen molar-refractivity contribution in [3.63, 3.8) is 0 Å². The van der Waals surface area contributed by atoms with Crippen molar-refractivity contribution in [2.45, 2.75) is 0 Å². The maximum atomic E-state index is 6.04. The molecule has 0 unspecified atom stereocenters. The van der Waals surface area contributed by atoms with Crippen LogP contribution in [-0.2, 0) is 0 Å². The van der Waals surface area contributed by atoms with Gasteiger partial charge in [-0.2, -0.15) is 0 Å². The number of hydrazine groups is 1. The topological polar surface area (TPSA) is 63.0 Å². The lowest BCUT2D eigenvalue weighted by Crippen LogP contribution is -2.08. The van der Waals surface area contributed by atoms with Gasteiger partial charge < -0.3 is 10.7 Å². The van der Waals surface area contributed by atoms with Crippen LogP contribution in [0.4, 0.5) is 17.3 Å². The summed E-state index contributed by atoms with van der Waals surface area (Å²) in [6.45, 7) is 0. The summed E-state index contributed by atoms with van der Waals surface area (Å²) in [7, 11) is 0. The predicted octanol–water partition coefficient (Wildman–Crippen LogP) is 3.42. The van der Waals surface area contributed by atoms with Crippen molar-refractivity contribution in [2.24, 2.45) is 5.84 Å². The molecule has 1 heterocycles. The van der Waals surface area contributed by atoms with Gasteiger partial charge in [-0.1, -0.05) is 29.3 Å². The van der Waals surface area contributed by atoms with Crippen LogP contribution >= 0.6 is 23.2 Å². The molecule has 0 atom stereocenters. The van der Waals surface area contributed by atoms with E-state index in [0.29, 0.717) is 21.7 Å². The highest BCUT2D eigenvalue weighted by molar-refractivity contribution is 6.36. The lowest BCUT2D eigenvalue weighted by molar-refractivity contribution is 1.22. The minimum Gasteiger partial charge on any atom is -0.339 e. The Balaban J connectivity index is 2.25. The quantitative estimate of drug-likeness (QED) is 0.590. The summed E-state index contributed by atoms with van der Waals surface area (Å²) < 4.78 is 0. The van der Waals surface area contributed by atoms with Crippen LogP contribution in [0, 0.1) is 0 Å². The van der Waals surface area contributed by atoms with Gasteiger partial charge in [0.05, 0.1) is 10.7 Å². The van der Waals surface area contributed by atoms with E-state index >= 15 is 0 Å². The highest BCUT2D eigenvalue weighted by Gasteiger charge is 2.02. The van der Waals surface area contributed by atoms with Crippen LogP contribution in [0.1, 0.15) is 0 Å². The van der Waals surface area contributed by atoms with E-state index in [9.17, 15) is 0 Å². The SMILES string of the molecule is NNc1cccc(Nc2ccc(Cl)cc2Cl)n1. The molecule has 6 heteroatoms. The van der Waals surface area contributed by atoms with Crippen LogP contribution in [-0.4, -0.2) is 4.98 Å². The fourth-order valence-electron chi connectivity index (χ4n) is 1.31. The molecule has 4 nitrogen and oxygen atoms in total. The third kappa shape index (κ3) is 3.00. The van der Waals surface area contributed by atoms with Crippen molar-refractivity contribution in [1.29, 1.82) is 0 Å². The third-order valence-corrected chi connectivity index (χ3v) is 2.64. The second-order valence-corrected chi connectivity index (χ2v) is 4.15. The standard InChI is InChI=1S/C11H10Cl2N4/c12-7-4-5-9(8(13)6-7)15-10-2-1-3-11(16-10)17-14/h1-6H,14H2,(H2,15,16,17). The van der Waals surface area contributed by atoms with Gasteiger partial charge in [0.25, 0.3) is 0 Å². The van der Waals surface area contributed by atoms with E-state index in [-0.39, 0.29) is 0 Å². The van der Waals surface area contributed by atoms with Crippen molar-refractivity contribution in [1.82, 2.24) is 4.98 Å². The number of nitrogens with one attached hydrogen (secondary N) is 2. The molecule has 0 fully saturated rings. The van der Waals surface area contributed by atoms with Gasteiger partial charge in [0, 0.05) is 5.02 Å². The lowest BCUT2D eigenvalue weighted by Gasteiger charge is -2.08. The predicted molar refractivity (Wildman–Crippen MR) is 71.8 cm³/mol. The average molecular weight is 269 g/mol. The van der Waals surface area contributed by atoms with Crippen LogP contribution in [0.2, 0.25) is 10.0 Å². The molecule has 1 aromatic carbocycles. The van der Waals surface area contributed by atoms with Gasteiger partial charge in [0.1, 0.15) is 11.6 Å². The number of pyridine rings is 1. The summed E-state index contributed by atoms with van der Waals surface area (Å²) in [5.74, 6) is 6.49. The number of benzene rings is 1. The Kier molecular flexibility index (Phi) is 3.68. The van der Waals surface area contributed by atoms with Crippen LogP contribution in [0.3, 0.4) is 0 Å². The molecule has 88 valence electrons. The largest absolute Gasteiger partial charge is 0.339 e. The first-order chi connectivity index (χ1) is 8.19. The van der Waals surface area contributed by atoms with Crippen LogP contribution in [0.5, 0.6) is 0 Å². The molecular formula is C11H10Cl2N4. The maximum absolute atomic E-state index is 6.04. The Morgan fingerprint density at radius 3 is 2.53 bits per heavy atom. The van der Waals surface area contributed by atoms with E-state index in [0.717, 1.165) is 5.69 Å². The zero-order valence-corrected chi connectivity index (χ0v) is 10.3. The molecule has 17 heavy (non-hydrogen) atoms.